The van der Waals surface area contributed by atoms with Crippen LogP contribution in [0.15, 0.2) is 0 Å². The fraction of sp³-hybridized carbons (Fsp3) is 0. The Kier molecular flexibility index (Phi) is 845. The first kappa shape index (κ1) is 105. The molecular weight excluding hydrogens is 824 g/mol. The summed E-state index contributed by atoms with van der Waals surface area (Å²) in [4.78, 5) is 0. The Balaban J connectivity index is 0. The Hall–Kier alpha value is 7.07. The zero-order valence-electron chi connectivity index (χ0n) is 5.49. The van der Waals surface area contributed by atoms with Crippen LogP contribution < -0.4 is 0 Å². The summed E-state index contributed by atoms with van der Waals surface area (Å²) in [6, 6.07) is 0. The largest absolute Gasteiger partial charge is 3.00 e. The molecule has 0 rings (SSSR count). The molecule has 0 aromatic rings. The molecule has 0 aromatic heterocycles. The van der Waals surface area contributed by atoms with E-state index < -0.39 is 0 Å². The molecule has 0 N–H and O–H groups in total. The van der Waals surface area contributed by atoms with E-state index in [1.165, 1.54) is 0 Å². The van der Waals surface area contributed by atoms with Crippen molar-refractivity contribution in [3.8, 4) is 0 Å². The van der Waals surface area contributed by atoms with E-state index in [9.17, 15) is 0 Å². The quantitative estimate of drug-likeness (QED) is 0.200. The Morgan fingerprint density at radius 3 is 0.455 bits per heavy atom. The molecule has 0 saturated heterocycles. The maximum absolute atomic E-state index is 0. The number of rotatable bonds is 0. The third-order valence-corrected chi connectivity index (χ3v) is 0. The summed E-state index contributed by atoms with van der Waals surface area (Å²) in [5.74, 6) is 0. The number of hydrogen-bond donors (Lipinski definition) is 0. The van der Waals surface area contributed by atoms with Crippen LogP contribution >= 0.6 is 9.90 Å². The summed E-state index contributed by atoms with van der Waals surface area (Å²) in [6.45, 7) is 0. The van der Waals surface area contributed by atoms with Gasteiger partial charge in [0, 0.05) is 137 Å². The normalized spacial score (nSPS) is 0. The van der Waals surface area contributed by atoms with Gasteiger partial charge >= 0.3 is 51.2 Å². The first-order valence-corrected chi connectivity index (χ1v) is 0. The molecule has 0 saturated carbocycles. The summed E-state index contributed by atoms with van der Waals surface area (Å²) in [7, 11) is 0. The van der Waals surface area contributed by atoms with E-state index in [1.807, 2.05) is 0 Å². The van der Waals surface area contributed by atoms with Crippen molar-refractivity contribution < 1.29 is 51.2 Å². The van der Waals surface area contributed by atoms with Gasteiger partial charge in [0.05, 0.1) is 0 Å². The van der Waals surface area contributed by atoms with Gasteiger partial charge in [0.15, 0.2) is 0 Å². The van der Waals surface area contributed by atoms with Gasteiger partial charge in [0.1, 0.15) is 0 Å². The summed E-state index contributed by atoms with van der Waals surface area (Å²) in [5.41, 5.74) is 0. The molecule has 0 spiro atoms. The molecule has 49 valence electrons. The molecule has 0 aromatic carbocycles. The van der Waals surface area contributed by atoms with Crippen LogP contribution in [0, 0.1) is 0 Å². The average molecular weight is 824 g/mol. The molecule has 0 unspecified atom stereocenters. The van der Waals surface area contributed by atoms with Gasteiger partial charge in [-0.2, -0.15) is 0 Å². The van der Waals surface area contributed by atoms with E-state index in [2.05, 4.69) is 0 Å². The fourth-order valence-corrected chi connectivity index (χ4v) is 0. The topological polar surface area (TPSA) is 0 Å². The van der Waals surface area contributed by atoms with E-state index in [1.54, 1.807) is 0 Å². The van der Waals surface area contributed by atoms with E-state index in [0.29, 0.717) is 0 Å². The molecule has 0 aliphatic rings. The van der Waals surface area contributed by atoms with Crippen molar-refractivity contribution in [3.05, 3.63) is 0 Å². The molecule has 0 fully saturated rings. The Labute approximate surface area is 211 Å². The van der Waals surface area contributed by atoms with Gasteiger partial charge in [-0.25, -0.2) is 0 Å². The molecule has 0 atom stereocenters. The molecule has 11 heavy (non-hydrogen) atoms. The van der Waals surface area contributed by atoms with Crippen molar-refractivity contribution in [3.63, 3.8) is 0 Å². The van der Waals surface area contributed by atoms with Crippen molar-refractivity contribution in [2.45, 2.75) is 0 Å². The second-order valence-electron chi connectivity index (χ2n) is 0. The third kappa shape index (κ3) is 77.6. The zero-order valence-corrected chi connectivity index (χ0v) is 29.0. The maximum Gasteiger partial charge on any atom is 2.00 e. The monoisotopic (exact) mass is 822 g/mol. The van der Waals surface area contributed by atoms with Crippen molar-refractivity contribution in [2.24, 2.45) is 0 Å². The van der Waals surface area contributed by atoms with Crippen LogP contribution in [0.4, 0.5) is 0 Å². The third-order valence-electron chi connectivity index (χ3n) is 0. The first-order chi connectivity index (χ1) is 0. The van der Waals surface area contributed by atoms with Gasteiger partial charge in [-0.3, -0.25) is 0 Å². The molecule has 0 aliphatic heterocycles. The Morgan fingerprint density at radius 2 is 0.455 bits per heavy atom. The van der Waals surface area contributed by atoms with Crippen LogP contribution in [0.2, 0.25) is 0 Å². The van der Waals surface area contributed by atoms with Gasteiger partial charge < -0.3 is 27.9 Å². The minimum atomic E-state index is 0. The molecule has 0 bridgehead atoms. The van der Waals surface area contributed by atoms with Crippen LogP contribution in [0.3, 0.4) is 0 Å². The predicted octanol–water partition coefficient (Wildman–Crippen LogP) is -1.81. The molecule has 0 nitrogen and oxygen atoms in total. The first-order valence-electron chi connectivity index (χ1n) is 0. The molecule has 0 amide bonds. The Morgan fingerprint density at radius 1 is 0.455 bits per heavy atom. The van der Waals surface area contributed by atoms with Crippen molar-refractivity contribution >= 4 is 165 Å². The standard InChI is InChI=1S/As.3Ga.3In.3Mn.P/q-3;;;;;;;3*+2;-3. The van der Waals surface area contributed by atoms with Crippen molar-refractivity contribution in [1.82, 2.24) is 0 Å². The molecule has 11 heteroatoms. The van der Waals surface area contributed by atoms with Crippen LogP contribution in [-0.4, -0.2) is 155 Å². The summed E-state index contributed by atoms with van der Waals surface area (Å²) in [6.07, 6.45) is 0. The maximum atomic E-state index is 0. The van der Waals surface area contributed by atoms with Crippen LogP contribution in [0.25, 0.3) is 0 Å². The van der Waals surface area contributed by atoms with Gasteiger partial charge in [-0.15, -0.1) is 0 Å². The van der Waals surface area contributed by atoms with E-state index in [0.717, 1.165) is 0 Å². The van der Waals surface area contributed by atoms with Crippen LogP contribution in [0.5, 0.6) is 0 Å². The minimum Gasteiger partial charge on any atom is -3.00 e. The SMILES string of the molecule is [As-3].[Ga].[Ga].[Ga].[In].[In].[In].[Mn+2].[Mn+2].[Mn+2].[P-3]. The van der Waals surface area contributed by atoms with Crippen molar-refractivity contribution in [2.75, 3.05) is 0 Å². The second kappa shape index (κ2) is 88.2. The van der Waals surface area contributed by atoms with Gasteiger partial charge in [0.25, 0.3) is 0 Å². The van der Waals surface area contributed by atoms with E-state index in [4.69, 9.17) is 0 Å². The van der Waals surface area contributed by atoms with Crippen LogP contribution in [0.1, 0.15) is 0 Å². The molecule has 0 aliphatic carbocycles. The van der Waals surface area contributed by atoms with Gasteiger partial charge in [-0.1, -0.05) is 0 Å². The van der Waals surface area contributed by atoms with Gasteiger partial charge in [0.2, 0.25) is 0 Å². The van der Waals surface area contributed by atoms with Gasteiger partial charge in [-0.05, 0) is 0 Å². The van der Waals surface area contributed by atoms with Crippen LogP contribution in [-0.2, 0) is 51.2 Å². The van der Waals surface area contributed by atoms with E-state index >= 15 is 0 Å². The smallest absolute Gasteiger partial charge is 2.00 e. The van der Waals surface area contributed by atoms with E-state index in [-0.39, 0.29) is 216 Å². The second-order valence-corrected chi connectivity index (χ2v) is 0. The molecular formula is AsGa3In3Mn3P. The summed E-state index contributed by atoms with van der Waals surface area (Å²) < 4.78 is 0. The fourth-order valence-electron chi connectivity index (χ4n) is 0. The number of hydrogen-bond acceptors (Lipinski definition) is 0. The Bertz CT molecular complexity index is 23.8. The average Bonchev–Trinajstić information content (AvgIpc) is 0. The zero-order chi connectivity index (χ0) is 0. The minimum absolute atomic E-state index is 0. The molecule has 21 radical (unpaired) electrons. The predicted molar refractivity (Wildman–Crippen MR) is 47.2 cm³/mol. The summed E-state index contributed by atoms with van der Waals surface area (Å²) >= 11 is 0. The summed E-state index contributed by atoms with van der Waals surface area (Å²) in [5, 5.41) is 0. The molecule has 0 heterocycles. The van der Waals surface area contributed by atoms with Crippen molar-refractivity contribution in [1.29, 1.82) is 0 Å².